The molecule has 0 aromatic carbocycles. The highest BCUT2D eigenvalue weighted by Crippen LogP contribution is 2.09. The lowest BCUT2D eigenvalue weighted by molar-refractivity contribution is -0.149. The molecule has 0 amide bonds. The predicted molar refractivity (Wildman–Crippen MR) is 75.8 cm³/mol. The molecule has 1 atom stereocenters. The molecule has 0 bridgehead atoms. The molecule has 0 aliphatic carbocycles. The Morgan fingerprint density at radius 3 is 2.00 bits per heavy atom. The zero-order valence-electron chi connectivity index (χ0n) is 12.7. The van der Waals surface area contributed by atoms with E-state index in [-0.39, 0.29) is 6.29 Å². The predicted octanol–water partition coefficient (Wildman–Crippen LogP) is 4.15. The van der Waals surface area contributed by atoms with Gasteiger partial charge < -0.3 is 14.2 Å². The van der Waals surface area contributed by atoms with Crippen LogP contribution in [0.4, 0.5) is 0 Å². The standard InChI is InChI=1S/C15H32O3/c1-5-8-9-10-11-14(4)18-13-12-15(16-6-2)17-7-3/h14-15H,5-13H2,1-4H3. The van der Waals surface area contributed by atoms with E-state index in [0.29, 0.717) is 19.3 Å². The maximum Gasteiger partial charge on any atom is 0.159 e. The summed E-state index contributed by atoms with van der Waals surface area (Å²) < 4.78 is 16.7. The molecule has 0 fully saturated rings. The van der Waals surface area contributed by atoms with E-state index in [2.05, 4.69) is 13.8 Å². The lowest BCUT2D eigenvalue weighted by Gasteiger charge is -2.18. The van der Waals surface area contributed by atoms with Gasteiger partial charge in [0.25, 0.3) is 0 Å². The van der Waals surface area contributed by atoms with Crippen LogP contribution >= 0.6 is 0 Å². The summed E-state index contributed by atoms with van der Waals surface area (Å²) in [5, 5.41) is 0. The van der Waals surface area contributed by atoms with Crippen molar-refractivity contribution in [2.45, 2.75) is 78.6 Å². The molecule has 18 heavy (non-hydrogen) atoms. The van der Waals surface area contributed by atoms with Gasteiger partial charge in [0.15, 0.2) is 6.29 Å². The third kappa shape index (κ3) is 11.0. The van der Waals surface area contributed by atoms with Crippen molar-refractivity contribution in [2.24, 2.45) is 0 Å². The molecule has 0 aromatic heterocycles. The molecular formula is C15H32O3. The van der Waals surface area contributed by atoms with Crippen LogP contribution < -0.4 is 0 Å². The number of unbranched alkanes of at least 4 members (excludes halogenated alkanes) is 3. The SMILES string of the molecule is CCCCCCC(C)OCCC(OCC)OCC. The first-order chi connectivity index (χ1) is 8.74. The van der Waals surface area contributed by atoms with E-state index >= 15 is 0 Å². The molecule has 0 aromatic rings. The molecule has 0 radical (unpaired) electrons. The quantitative estimate of drug-likeness (QED) is 0.368. The Balaban J connectivity index is 3.48. The van der Waals surface area contributed by atoms with E-state index in [1.807, 2.05) is 13.8 Å². The van der Waals surface area contributed by atoms with Gasteiger partial charge in [0.05, 0.1) is 12.7 Å². The smallest absolute Gasteiger partial charge is 0.159 e. The monoisotopic (exact) mass is 260 g/mol. The fraction of sp³-hybridized carbons (Fsp3) is 1.00. The zero-order valence-corrected chi connectivity index (χ0v) is 12.7. The summed E-state index contributed by atoms with van der Waals surface area (Å²) in [6, 6.07) is 0. The average Bonchev–Trinajstić information content (AvgIpc) is 2.35. The van der Waals surface area contributed by atoms with E-state index < -0.39 is 0 Å². The Labute approximate surface area is 113 Å². The summed E-state index contributed by atoms with van der Waals surface area (Å²) in [4.78, 5) is 0. The van der Waals surface area contributed by atoms with Crippen LogP contribution in [0.3, 0.4) is 0 Å². The van der Waals surface area contributed by atoms with Gasteiger partial charge >= 0.3 is 0 Å². The van der Waals surface area contributed by atoms with E-state index in [0.717, 1.165) is 19.4 Å². The summed E-state index contributed by atoms with van der Waals surface area (Å²) in [5.74, 6) is 0. The summed E-state index contributed by atoms with van der Waals surface area (Å²) in [6.45, 7) is 10.5. The number of ether oxygens (including phenoxy) is 3. The molecule has 0 saturated heterocycles. The third-order valence-corrected chi connectivity index (χ3v) is 2.93. The minimum absolute atomic E-state index is 0.104. The Hall–Kier alpha value is -0.120. The first-order valence-corrected chi connectivity index (χ1v) is 7.59. The maximum atomic E-state index is 5.79. The highest BCUT2D eigenvalue weighted by atomic mass is 16.7. The second-order valence-corrected chi connectivity index (χ2v) is 4.66. The van der Waals surface area contributed by atoms with Crippen molar-refractivity contribution in [3.05, 3.63) is 0 Å². The normalized spacial score (nSPS) is 13.2. The molecule has 0 rings (SSSR count). The van der Waals surface area contributed by atoms with E-state index in [4.69, 9.17) is 14.2 Å². The van der Waals surface area contributed by atoms with Gasteiger partial charge in [0.1, 0.15) is 0 Å². The van der Waals surface area contributed by atoms with Gasteiger partial charge in [0.2, 0.25) is 0 Å². The number of hydrogen-bond acceptors (Lipinski definition) is 3. The summed E-state index contributed by atoms with van der Waals surface area (Å²) in [7, 11) is 0. The molecule has 0 saturated carbocycles. The minimum Gasteiger partial charge on any atom is -0.378 e. The molecule has 0 N–H and O–H groups in total. The molecule has 0 spiro atoms. The van der Waals surface area contributed by atoms with Gasteiger partial charge in [-0.3, -0.25) is 0 Å². The second kappa shape index (κ2) is 13.3. The van der Waals surface area contributed by atoms with Crippen LogP contribution in [0.15, 0.2) is 0 Å². The molecule has 1 unspecified atom stereocenters. The minimum atomic E-state index is -0.104. The first-order valence-electron chi connectivity index (χ1n) is 7.59. The summed E-state index contributed by atoms with van der Waals surface area (Å²) >= 11 is 0. The van der Waals surface area contributed by atoms with E-state index in [1.165, 1.54) is 25.7 Å². The first kappa shape index (κ1) is 17.9. The fourth-order valence-corrected chi connectivity index (χ4v) is 1.89. The van der Waals surface area contributed by atoms with Crippen molar-refractivity contribution >= 4 is 0 Å². The zero-order chi connectivity index (χ0) is 13.6. The van der Waals surface area contributed by atoms with Gasteiger partial charge in [-0.1, -0.05) is 32.6 Å². The molecule has 0 aliphatic heterocycles. The molecule has 0 heterocycles. The second-order valence-electron chi connectivity index (χ2n) is 4.66. The fourth-order valence-electron chi connectivity index (χ4n) is 1.89. The van der Waals surface area contributed by atoms with Crippen molar-refractivity contribution in [3.63, 3.8) is 0 Å². The Morgan fingerprint density at radius 1 is 0.778 bits per heavy atom. The molecular weight excluding hydrogens is 228 g/mol. The van der Waals surface area contributed by atoms with Crippen molar-refractivity contribution in [2.75, 3.05) is 19.8 Å². The molecule has 0 aliphatic rings. The topological polar surface area (TPSA) is 27.7 Å². The highest BCUT2D eigenvalue weighted by molar-refractivity contribution is 4.53. The van der Waals surface area contributed by atoms with Crippen LogP contribution in [0.25, 0.3) is 0 Å². The van der Waals surface area contributed by atoms with Crippen molar-refractivity contribution in [3.8, 4) is 0 Å². The van der Waals surface area contributed by atoms with Gasteiger partial charge in [-0.05, 0) is 27.2 Å². The van der Waals surface area contributed by atoms with Gasteiger partial charge in [-0.25, -0.2) is 0 Å². The van der Waals surface area contributed by atoms with Crippen LogP contribution in [0.1, 0.15) is 66.2 Å². The molecule has 3 heteroatoms. The van der Waals surface area contributed by atoms with Crippen molar-refractivity contribution in [1.29, 1.82) is 0 Å². The lowest BCUT2D eigenvalue weighted by Crippen LogP contribution is -2.21. The third-order valence-electron chi connectivity index (χ3n) is 2.93. The number of hydrogen-bond donors (Lipinski definition) is 0. The van der Waals surface area contributed by atoms with Crippen molar-refractivity contribution in [1.82, 2.24) is 0 Å². The van der Waals surface area contributed by atoms with Crippen LogP contribution in [0.5, 0.6) is 0 Å². The largest absolute Gasteiger partial charge is 0.378 e. The Morgan fingerprint density at radius 2 is 1.44 bits per heavy atom. The van der Waals surface area contributed by atoms with Gasteiger partial charge in [0, 0.05) is 19.6 Å². The van der Waals surface area contributed by atoms with Crippen LogP contribution in [-0.4, -0.2) is 32.2 Å². The van der Waals surface area contributed by atoms with Crippen molar-refractivity contribution < 1.29 is 14.2 Å². The number of rotatable bonds is 13. The van der Waals surface area contributed by atoms with Crippen LogP contribution in [-0.2, 0) is 14.2 Å². The summed E-state index contributed by atoms with van der Waals surface area (Å²) in [5.41, 5.74) is 0. The highest BCUT2D eigenvalue weighted by Gasteiger charge is 2.09. The Kier molecular flexibility index (Phi) is 13.2. The maximum absolute atomic E-state index is 5.79. The summed E-state index contributed by atoms with van der Waals surface area (Å²) in [6.07, 6.45) is 7.45. The Bertz CT molecular complexity index is 156. The molecule has 3 nitrogen and oxygen atoms in total. The van der Waals surface area contributed by atoms with Crippen LogP contribution in [0.2, 0.25) is 0 Å². The van der Waals surface area contributed by atoms with Gasteiger partial charge in [-0.2, -0.15) is 0 Å². The van der Waals surface area contributed by atoms with Gasteiger partial charge in [-0.15, -0.1) is 0 Å². The average molecular weight is 260 g/mol. The molecule has 110 valence electrons. The van der Waals surface area contributed by atoms with E-state index in [9.17, 15) is 0 Å². The van der Waals surface area contributed by atoms with E-state index in [1.54, 1.807) is 0 Å². The van der Waals surface area contributed by atoms with Crippen LogP contribution in [0, 0.1) is 0 Å². The lowest BCUT2D eigenvalue weighted by atomic mass is 10.1.